The van der Waals surface area contributed by atoms with Gasteiger partial charge in [0, 0.05) is 14.1 Å². The molecule has 17 heavy (non-hydrogen) atoms. The van der Waals surface area contributed by atoms with Crippen LogP contribution in [0.3, 0.4) is 0 Å². The van der Waals surface area contributed by atoms with Gasteiger partial charge in [-0.25, -0.2) is 4.79 Å². The quantitative estimate of drug-likeness (QED) is 0.837. The molecule has 0 saturated heterocycles. The average Bonchev–Trinajstić information content (AvgIpc) is 2.57. The van der Waals surface area contributed by atoms with Crippen LogP contribution in [-0.4, -0.2) is 44.8 Å². The van der Waals surface area contributed by atoms with Gasteiger partial charge in [0.05, 0.1) is 5.69 Å². The first-order chi connectivity index (χ1) is 7.88. The molecule has 0 aromatic carbocycles. The van der Waals surface area contributed by atoms with Crippen molar-refractivity contribution >= 4 is 11.9 Å². The molecule has 0 fully saturated rings. The van der Waals surface area contributed by atoms with Gasteiger partial charge in [-0.3, -0.25) is 9.48 Å². The molecule has 1 unspecified atom stereocenters. The largest absolute Gasteiger partial charge is 0.480 e. The van der Waals surface area contributed by atoms with Crippen LogP contribution >= 0.6 is 0 Å². The highest BCUT2D eigenvalue weighted by Crippen LogP contribution is 2.10. The number of carbonyl (C=O) groups excluding carboxylic acids is 1. The number of aromatic nitrogens is 2. The molecule has 1 rings (SSSR count). The summed E-state index contributed by atoms with van der Waals surface area (Å²) in [7, 11) is 3.16. The molecule has 1 heterocycles. The van der Waals surface area contributed by atoms with Crippen LogP contribution in [-0.2, 0) is 11.8 Å². The molecular weight excluding hydrogens is 222 g/mol. The number of carbonyl (C=O) groups is 2. The smallest absolute Gasteiger partial charge is 0.326 e. The van der Waals surface area contributed by atoms with Gasteiger partial charge < -0.3 is 10.0 Å². The molecule has 0 saturated carbocycles. The number of rotatable bonds is 4. The maximum Gasteiger partial charge on any atom is 0.326 e. The molecule has 0 bridgehead atoms. The van der Waals surface area contributed by atoms with E-state index in [1.54, 1.807) is 27.0 Å². The van der Waals surface area contributed by atoms with E-state index >= 15 is 0 Å². The van der Waals surface area contributed by atoms with Crippen molar-refractivity contribution in [3.05, 3.63) is 17.5 Å². The van der Waals surface area contributed by atoms with Crippen molar-refractivity contribution in [1.29, 1.82) is 0 Å². The number of hydrogen-bond donors (Lipinski definition) is 1. The lowest BCUT2D eigenvalue weighted by Crippen LogP contribution is -2.42. The van der Waals surface area contributed by atoms with Crippen molar-refractivity contribution < 1.29 is 14.7 Å². The zero-order valence-corrected chi connectivity index (χ0v) is 10.5. The predicted molar refractivity (Wildman–Crippen MR) is 61.8 cm³/mol. The fourth-order valence-corrected chi connectivity index (χ4v) is 1.75. The van der Waals surface area contributed by atoms with Crippen LogP contribution in [0.5, 0.6) is 0 Å². The zero-order chi connectivity index (χ0) is 13.2. The van der Waals surface area contributed by atoms with Crippen LogP contribution in [0.4, 0.5) is 0 Å². The highest BCUT2D eigenvalue weighted by Gasteiger charge is 2.27. The second kappa shape index (κ2) is 4.99. The Kier molecular flexibility index (Phi) is 3.88. The lowest BCUT2D eigenvalue weighted by atomic mass is 10.2. The van der Waals surface area contributed by atoms with E-state index in [0.717, 1.165) is 5.69 Å². The Balaban J connectivity index is 2.97. The second-order valence-electron chi connectivity index (χ2n) is 3.97. The Bertz CT molecular complexity index is 439. The van der Waals surface area contributed by atoms with Gasteiger partial charge in [0.15, 0.2) is 0 Å². The molecule has 1 aromatic rings. The fraction of sp³-hybridized carbons (Fsp3) is 0.545. The summed E-state index contributed by atoms with van der Waals surface area (Å²) in [5.74, 6) is -1.33. The van der Waals surface area contributed by atoms with Crippen LogP contribution in [0.15, 0.2) is 6.07 Å². The van der Waals surface area contributed by atoms with E-state index in [9.17, 15) is 9.59 Å². The Labute approximate surface area is 99.8 Å². The molecule has 1 amide bonds. The van der Waals surface area contributed by atoms with E-state index < -0.39 is 12.0 Å². The molecule has 1 aromatic heterocycles. The van der Waals surface area contributed by atoms with Crippen LogP contribution in [0, 0.1) is 6.92 Å². The van der Waals surface area contributed by atoms with Gasteiger partial charge in [0.25, 0.3) is 5.91 Å². The maximum absolute atomic E-state index is 12.1. The fourth-order valence-electron chi connectivity index (χ4n) is 1.75. The zero-order valence-electron chi connectivity index (χ0n) is 10.5. The standard InChI is InChI=1S/C11H17N3O3/c1-5-8(11(16)17)13(3)10(15)9-6-7(2)12-14(9)4/h6,8H,5H2,1-4H3,(H,16,17). The van der Waals surface area contributed by atoms with Gasteiger partial charge in [-0.05, 0) is 19.4 Å². The molecule has 0 radical (unpaired) electrons. The maximum atomic E-state index is 12.1. The van der Waals surface area contributed by atoms with E-state index in [1.165, 1.54) is 16.6 Å². The summed E-state index contributed by atoms with van der Waals surface area (Å²) in [6, 6.07) is 0.839. The Morgan fingerprint density at radius 3 is 2.53 bits per heavy atom. The molecular formula is C11H17N3O3. The Morgan fingerprint density at radius 2 is 2.18 bits per heavy atom. The summed E-state index contributed by atoms with van der Waals surface area (Å²) in [6.07, 6.45) is 0.369. The predicted octanol–water partition coefficient (Wildman–Crippen LogP) is 0.664. The normalized spacial score (nSPS) is 12.2. The minimum absolute atomic E-state index is 0.331. The van der Waals surface area contributed by atoms with Crippen molar-refractivity contribution in [3.8, 4) is 0 Å². The van der Waals surface area contributed by atoms with Gasteiger partial charge in [0.2, 0.25) is 0 Å². The van der Waals surface area contributed by atoms with Crippen molar-refractivity contribution in [2.75, 3.05) is 7.05 Å². The highest BCUT2D eigenvalue weighted by atomic mass is 16.4. The lowest BCUT2D eigenvalue weighted by Gasteiger charge is -2.23. The third-order valence-electron chi connectivity index (χ3n) is 2.68. The highest BCUT2D eigenvalue weighted by molar-refractivity contribution is 5.95. The molecule has 6 heteroatoms. The minimum Gasteiger partial charge on any atom is -0.480 e. The van der Waals surface area contributed by atoms with E-state index in [2.05, 4.69) is 5.10 Å². The third kappa shape index (κ3) is 2.64. The number of nitrogens with zero attached hydrogens (tertiary/aromatic N) is 3. The molecule has 1 atom stereocenters. The van der Waals surface area contributed by atoms with Crippen LogP contribution in [0.1, 0.15) is 29.5 Å². The average molecular weight is 239 g/mol. The van der Waals surface area contributed by atoms with Crippen molar-refractivity contribution in [3.63, 3.8) is 0 Å². The van der Waals surface area contributed by atoms with Gasteiger partial charge in [-0.15, -0.1) is 0 Å². The van der Waals surface area contributed by atoms with E-state index in [0.29, 0.717) is 12.1 Å². The summed E-state index contributed by atoms with van der Waals surface area (Å²) < 4.78 is 1.46. The molecule has 0 aliphatic rings. The van der Waals surface area contributed by atoms with Crippen molar-refractivity contribution in [2.24, 2.45) is 7.05 Å². The second-order valence-corrected chi connectivity index (χ2v) is 3.97. The molecule has 0 spiro atoms. The first-order valence-electron chi connectivity index (χ1n) is 5.39. The summed E-state index contributed by atoms with van der Waals surface area (Å²) in [6.45, 7) is 3.52. The minimum atomic E-state index is -0.998. The summed E-state index contributed by atoms with van der Waals surface area (Å²) in [4.78, 5) is 24.3. The lowest BCUT2D eigenvalue weighted by molar-refractivity contribution is -0.142. The van der Waals surface area contributed by atoms with Gasteiger partial charge in [-0.2, -0.15) is 5.10 Å². The van der Waals surface area contributed by atoms with Crippen molar-refractivity contribution in [1.82, 2.24) is 14.7 Å². The number of aryl methyl sites for hydroxylation is 2. The summed E-state index contributed by atoms with van der Waals surface area (Å²) in [5.41, 5.74) is 1.12. The number of carboxylic acids is 1. The topological polar surface area (TPSA) is 75.4 Å². The van der Waals surface area contributed by atoms with Gasteiger partial charge in [-0.1, -0.05) is 6.92 Å². The van der Waals surface area contributed by atoms with Gasteiger partial charge >= 0.3 is 5.97 Å². The first kappa shape index (κ1) is 13.2. The summed E-state index contributed by atoms with van der Waals surface area (Å²) >= 11 is 0. The summed E-state index contributed by atoms with van der Waals surface area (Å²) in [5, 5.41) is 13.1. The molecule has 0 aliphatic carbocycles. The van der Waals surface area contributed by atoms with Gasteiger partial charge in [0.1, 0.15) is 11.7 Å². The van der Waals surface area contributed by atoms with E-state index in [1.807, 2.05) is 0 Å². The van der Waals surface area contributed by atoms with E-state index in [-0.39, 0.29) is 5.91 Å². The number of carboxylic acid groups (broad SMARTS) is 1. The van der Waals surface area contributed by atoms with Crippen LogP contribution < -0.4 is 0 Å². The van der Waals surface area contributed by atoms with Crippen molar-refractivity contribution in [2.45, 2.75) is 26.3 Å². The molecule has 1 N–H and O–H groups in total. The first-order valence-corrected chi connectivity index (χ1v) is 5.39. The molecule has 94 valence electrons. The number of hydrogen-bond acceptors (Lipinski definition) is 3. The SMILES string of the molecule is CCC(C(=O)O)N(C)C(=O)c1cc(C)nn1C. The Hall–Kier alpha value is -1.85. The number of aliphatic carboxylic acids is 1. The molecule has 0 aliphatic heterocycles. The van der Waals surface area contributed by atoms with E-state index in [4.69, 9.17) is 5.11 Å². The third-order valence-corrected chi connectivity index (χ3v) is 2.68. The molecule has 6 nitrogen and oxygen atoms in total. The number of likely N-dealkylation sites (N-methyl/N-ethyl adjacent to an activating group) is 1. The number of amides is 1. The Morgan fingerprint density at radius 1 is 1.59 bits per heavy atom. The monoisotopic (exact) mass is 239 g/mol. The van der Waals surface area contributed by atoms with Crippen LogP contribution in [0.2, 0.25) is 0 Å². The van der Waals surface area contributed by atoms with Crippen LogP contribution in [0.25, 0.3) is 0 Å².